The lowest BCUT2D eigenvalue weighted by Gasteiger charge is -2.07. The molecule has 0 atom stereocenters. The summed E-state index contributed by atoms with van der Waals surface area (Å²) in [7, 11) is 0. The highest BCUT2D eigenvalue weighted by Crippen LogP contribution is 2.36. The van der Waals surface area contributed by atoms with Gasteiger partial charge in [-0.1, -0.05) is 29.0 Å². The highest BCUT2D eigenvalue weighted by atomic mass is 35.5. The van der Waals surface area contributed by atoms with Crippen molar-refractivity contribution in [3.05, 3.63) is 52.6 Å². The van der Waals surface area contributed by atoms with Gasteiger partial charge in [0.1, 0.15) is 4.34 Å². The second-order valence-electron chi connectivity index (χ2n) is 4.36. The van der Waals surface area contributed by atoms with Gasteiger partial charge in [-0.25, -0.2) is 4.98 Å². The molecule has 5 nitrogen and oxygen atoms in total. The Kier molecular flexibility index (Phi) is 4.13. The van der Waals surface area contributed by atoms with Gasteiger partial charge >= 0.3 is 0 Å². The van der Waals surface area contributed by atoms with E-state index in [1.807, 2.05) is 34.2 Å². The number of hydrogen-bond donors (Lipinski definition) is 0. The molecule has 0 aliphatic rings. The smallest absolute Gasteiger partial charge is 0.203 e. The minimum atomic E-state index is 0.651. The van der Waals surface area contributed by atoms with Crippen molar-refractivity contribution in [3.8, 4) is 16.4 Å². The topological polar surface area (TPSA) is 56.5 Å². The third-order valence-electron chi connectivity index (χ3n) is 2.91. The number of nitrogens with zero attached hydrogens (tertiary/aromatic N) is 5. The molecular weight excluding hydrogens is 370 g/mol. The van der Waals surface area contributed by atoms with Crippen molar-refractivity contribution in [1.29, 1.82) is 0 Å². The van der Waals surface area contributed by atoms with E-state index < -0.39 is 0 Å². The molecule has 0 unspecified atom stereocenters. The van der Waals surface area contributed by atoms with Crippen molar-refractivity contribution in [2.45, 2.75) is 9.50 Å². The standard InChI is InChI=1S/C14H8ClN5S3/c15-11-8-17-14(22-11)23-13-19-18-12(10-4-2-6-21-10)20(13)9-3-1-5-16-7-9/h1-8H. The molecule has 114 valence electrons. The largest absolute Gasteiger partial charge is 0.267 e. The zero-order valence-electron chi connectivity index (χ0n) is 11.5. The van der Waals surface area contributed by atoms with E-state index in [0.29, 0.717) is 4.34 Å². The highest BCUT2D eigenvalue weighted by molar-refractivity contribution is 8.00. The third-order valence-corrected chi connectivity index (χ3v) is 5.92. The van der Waals surface area contributed by atoms with E-state index in [1.165, 1.54) is 23.1 Å². The molecule has 0 aromatic carbocycles. The van der Waals surface area contributed by atoms with E-state index in [2.05, 4.69) is 20.2 Å². The van der Waals surface area contributed by atoms with Crippen molar-refractivity contribution >= 4 is 46.0 Å². The molecule has 0 saturated heterocycles. The molecule has 0 fully saturated rings. The number of pyridine rings is 1. The maximum absolute atomic E-state index is 5.96. The van der Waals surface area contributed by atoms with Crippen molar-refractivity contribution < 1.29 is 0 Å². The normalized spacial score (nSPS) is 11.0. The highest BCUT2D eigenvalue weighted by Gasteiger charge is 2.18. The van der Waals surface area contributed by atoms with Crippen LogP contribution in [-0.4, -0.2) is 24.7 Å². The zero-order valence-corrected chi connectivity index (χ0v) is 14.7. The van der Waals surface area contributed by atoms with E-state index in [0.717, 1.165) is 25.9 Å². The molecule has 0 amide bonds. The van der Waals surface area contributed by atoms with Crippen LogP contribution in [0.2, 0.25) is 4.34 Å². The molecule has 0 aliphatic carbocycles. The minimum absolute atomic E-state index is 0.651. The third kappa shape index (κ3) is 3.02. The second kappa shape index (κ2) is 6.40. The molecule has 23 heavy (non-hydrogen) atoms. The van der Waals surface area contributed by atoms with Crippen LogP contribution in [0.25, 0.3) is 16.4 Å². The van der Waals surface area contributed by atoms with Crippen LogP contribution in [0.5, 0.6) is 0 Å². The Balaban J connectivity index is 1.83. The average molecular weight is 378 g/mol. The van der Waals surface area contributed by atoms with Crippen molar-refractivity contribution in [3.63, 3.8) is 0 Å². The predicted molar refractivity (Wildman–Crippen MR) is 93.7 cm³/mol. The van der Waals surface area contributed by atoms with Crippen LogP contribution in [0, 0.1) is 0 Å². The lowest BCUT2D eigenvalue weighted by atomic mass is 10.4. The Labute approximate surface area is 149 Å². The zero-order chi connectivity index (χ0) is 15.6. The minimum Gasteiger partial charge on any atom is -0.267 e. The van der Waals surface area contributed by atoms with Gasteiger partial charge in [-0.15, -0.1) is 21.5 Å². The fraction of sp³-hybridized carbons (Fsp3) is 0. The number of thiazole rings is 1. The van der Waals surface area contributed by atoms with Gasteiger partial charge < -0.3 is 0 Å². The summed E-state index contributed by atoms with van der Waals surface area (Å²) in [5.74, 6) is 0.790. The van der Waals surface area contributed by atoms with Crippen LogP contribution in [0.3, 0.4) is 0 Å². The van der Waals surface area contributed by atoms with E-state index in [9.17, 15) is 0 Å². The number of thiophene rings is 1. The Hall–Kier alpha value is -1.74. The lowest BCUT2D eigenvalue weighted by Crippen LogP contribution is -1.99. The summed E-state index contributed by atoms with van der Waals surface area (Å²) in [5, 5.41) is 11.4. The number of halogens is 1. The monoisotopic (exact) mass is 377 g/mol. The van der Waals surface area contributed by atoms with E-state index in [-0.39, 0.29) is 0 Å². The first-order chi connectivity index (χ1) is 11.3. The van der Waals surface area contributed by atoms with E-state index >= 15 is 0 Å². The molecular formula is C14H8ClN5S3. The van der Waals surface area contributed by atoms with Gasteiger partial charge in [0.2, 0.25) is 5.16 Å². The maximum atomic E-state index is 5.96. The Morgan fingerprint density at radius 3 is 2.78 bits per heavy atom. The Morgan fingerprint density at radius 1 is 1.13 bits per heavy atom. The molecule has 0 aliphatic heterocycles. The first-order valence-corrected chi connectivity index (χ1v) is 9.39. The molecule has 4 aromatic heterocycles. The fourth-order valence-electron chi connectivity index (χ4n) is 1.99. The summed E-state index contributed by atoms with van der Waals surface area (Å²) < 4.78 is 3.46. The van der Waals surface area contributed by atoms with Gasteiger partial charge in [0.15, 0.2) is 10.2 Å². The molecule has 0 N–H and O–H groups in total. The molecule has 0 spiro atoms. The van der Waals surface area contributed by atoms with Crippen LogP contribution < -0.4 is 0 Å². The van der Waals surface area contributed by atoms with Gasteiger partial charge in [0.05, 0.1) is 23.0 Å². The summed E-state index contributed by atoms with van der Waals surface area (Å²) in [4.78, 5) is 9.52. The van der Waals surface area contributed by atoms with Crippen molar-refractivity contribution in [1.82, 2.24) is 24.7 Å². The van der Waals surface area contributed by atoms with Gasteiger partial charge in [0.25, 0.3) is 0 Å². The van der Waals surface area contributed by atoms with Crippen LogP contribution in [0.4, 0.5) is 0 Å². The average Bonchev–Trinajstić information content (AvgIpc) is 3.29. The van der Waals surface area contributed by atoms with E-state index in [1.54, 1.807) is 29.9 Å². The SMILES string of the molecule is Clc1cnc(Sc2nnc(-c3cccs3)n2-c2cccnc2)s1. The van der Waals surface area contributed by atoms with E-state index in [4.69, 9.17) is 11.6 Å². The predicted octanol–water partition coefficient (Wildman–Crippen LogP) is 4.65. The first-order valence-electron chi connectivity index (χ1n) is 6.50. The summed E-state index contributed by atoms with van der Waals surface area (Å²) in [5.41, 5.74) is 0.908. The molecule has 0 saturated carbocycles. The maximum Gasteiger partial charge on any atom is 0.203 e. The van der Waals surface area contributed by atoms with Gasteiger partial charge in [0, 0.05) is 6.20 Å². The van der Waals surface area contributed by atoms with Gasteiger partial charge in [-0.2, -0.15) is 0 Å². The van der Waals surface area contributed by atoms with Crippen LogP contribution >= 0.6 is 46.0 Å². The van der Waals surface area contributed by atoms with Gasteiger partial charge in [-0.05, 0) is 35.3 Å². The van der Waals surface area contributed by atoms with Crippen LogP contribution in [0.15, 0.2) is 57.7 Å². The van der Waals surface area contributed by atoms with Crippen LogP contribution in [0.1, 0.15) is 0 Å². The Bertz CT molecular complexity index is 917. The summed E-state index contributed by atoms with van der Waals surface area (Å²) >= 11 is 10.4. The number of aromatic nitrogens is 5. The molecule has 0 radical (unpaired) electrons. The van der Waals surface area contributed by atoms with Crippen molar-refractivity contribution in [2.75, 3.05) is 0 Å². The summed E-state index contributed by atoms with van der Waals surface area (Å²) in [6.45, 7) is 0. The molecule has 0 bridgehead atoms. The Morgan fingerprint density at radius 2 is 2.09 bits per heavy atom. The summed E-state index contributed by atoms with van der Waals surface area (Å²) in [6.07, 6.45) is 5.17. The number of hydrogen-bond acceptors (Lipinski definition) is 7. The molecule has 9 heteroatoms. The molecule has 4 rings (SSSR count). The van der Waals surface area contributed by atoms with Crippen LogP contribution in [-0.2, 0) is 0 Å². The molecule has 4 heterocycles. The second-order valence-corrected chi connectivity index (χ2v) is 8.19. The van der Waals surface area contributed by atoms with Crippen molar-refractivity contribution in [2.24, 2.45) is 0 Å². The lowest BCUT2D eigenvalue weighted by molar-refractivity contribution is 0.881. The van der Waals surface area contributed by atoms with Gasteiger partial charge in [-0.3, -0.25) is 9.55 Å². The molecule has 4 aromatic rings. The number of rotatable bonds is 4. The quantitative estimate of drug-likeness (QED) is 0.518. The summed E-state index contributed by atoms with van der Waals surface area (Å²) in [6, 6.07) is 7.89. The fourth-order valence-corrected chi connectivity index (χ4v) is 4.75. The first kappa shape index (κ1) is 14.8.